The normalized spacial score (nSPS) is 10.1. The predicted molar refractivity (Wildman–Crippen MR) is 49.9 cm³/mol. The molecule has 0 spiro atoms. The molecule has 1 rings (SSSR count). The number of carbonyl (C=O) groups excluding carboxylic acids is 1. The minimum atomic E-state index is -0.483. The molecule has 0 aliphatic carbocycles. The topological polar surface area (TPSA) is 55.8 Å². The van der Waals surface area contributed by atoms with Crippen molar-refractivity contribution in [2.45, 2.75) is 0 Å². The lowest BCUT2D eigenvalue weighted by Gasteiger charge is -1.98. The summed E-state index contributed by atoms with van der Waals surface area (Å²) >= 11 is 0. The van der Waals surface area contributed by atoms with Crippen LogP contribution in [0.3, 0.4) is 0 Å². The van der Waals surface area contributed by atoms with E-state index in [1.165, 1.54) is 25.5 Å². The second kappa shape index (κ2) is 4.91. The monoisotopic (exact) mass is 194 g/mol. The summed E-state index contributed by atoms with van der Waals surface area (Å²) < 4.78 is 9.40. The first-order valence-electron chi connectivity index (χ1n) is 3.92. The fourth-order valence-corrected chi connectivity index (χ4v) is 0.761. The van der Waals surface area contributed by atoms with Crippen LogP contribution in [0.4, 0.5) is 0 Å². The van der Waals surface area contributed by atoms with E-state index in [2.05, 4.69) is 4.74 Å². The number of hydrogen-bond acceptors (Lipinski definition) is 4. The van der Waals surface area contributed by atoms with E-state index in [-0.39, 0.29) is 5.75 Å². The number of ether oxygens (including phenoxy) is 2. The summed E-state index contributed by atoms with van der Waals surface area (Å²) in [6.45, 7) is 0. The summed E-state index contributed by atoms with van der Waals surface area (Å²) in [7, 11) is 1.28. The van der Waals surface area contributed by atoms with Crippen LogP contribution in [-0.2, 0) is 9.53 Å². The van der Waals surface area contributed by atoms with Crippen LogP contribution >= 0.6 is 0 Å². The Morgan fingerprint density at radius 2 is 2.00 bits per heavy atom. The maximum Gasteiger partial charge on any atom is 0.333 e. The molecule has 0 radical (unpaired) electrons. The van der Waals surface area contributed by atoms with Crippen LogP contribution in [0.2, 0.25) is 0 Å². The van der Waals surface area contributed by atoms with Crippen molar-refractivity contribution < 1.29 is 19.4 Å². The van der Waals surface area contributed by atoms with E-state index >= 15 is 0 Å². The maximum absolute atomic E-state index is 10.6. The highest BCUT2D eigenvalue weighted by Crippen LogP contribution is 2.15. The molecule has 0 aromatic heterocycles. The summed E-state index contributed by atoms with van der Waals surface area (Å²) in [5.41, 5.74) is 0. The molecule has 0 saturated carbocycles. The zero-order valence-corrected chi connectivity index (χ0v) is 7.64. The van der Waals surface area contributed by atoms with E-state index in [0.29, 0.717) is 5.75 Å². The zero-order valence-electron chi connectivity index (χ0n) is 7.64. The van der Waals surface area contributed by atoms with E-state index in [1.807, 2.05) is 0 Å². The van der Waals surface area contributed by atoms with Gasteiger partial charge in [-0.25, -0.2) is 4.79 Å². The standard InChI is InChI=1S/C10H10O4/c1-13-10(12)6-7-14-9-4-2-8(11)3-5-9/h2-7,11H,1H3/b7-6+. The van der Waals surface area contributed by atoms with Crippen LogP contribution in [0.1, 0.15) is 0 Å². The maximum atomic E-state index is 10.6. The lowest BCUT2D eigenvalue weighted by molar-refractivity contribution is -0.134. The van der Waals surface area contributed by atoms with Crippen molar-refractivity contribution in [1.82, 2.24) is 0 Å². The molecule has 0 unspecified atom stereocenters. The summed E-state index contributed by atoms with van der Waals surface area (Å²) in [5.74, 6) is 0.209. The van der Waals surface area contributed by atoms with Crippen molar-refractivity contribution >= 4 is 5.97 Å². The van der Waals surface area contributed by atoms with Crippen LogP contribution < -0.4 is 4.74 Å². The molecule has 4 nitrogen and oxygen atoms in total. The van der Waals surface area contributed by atoms with Crippen molar-refractivity contribution in [3.05, 3.63) is 36.6 Å². The van der Waals surface area contributed by atoms with Gasteiger partial charge in [0.15, 0.2) is 0 Å². The fourth-order valence-electron chi connectivity index (χ4n) is 0.761. The fraction of sp³-hybridized carbons (Fsp3) is 0.100. The van der Waals surface area contributed by atoms with E-state index in [1.54, 1.807) is 12.1 Å². The van der Waals surface area contributed by atoms with E-state index in [0.717, 1.165) is 6.08 Å². The van der Waals surface area contributed by atoms with Gasteiger partial charge in [0, 0.05) is 0 Å². The summed E-state index contributed by atoms with van der Waals surface area (Å²) in [4.78, 5) is 10.6. The van der Waals surface area contributed by atoms with Gasteiger partial charge in [0.2, 0.25) is 0 Å². The Morgan fingerprint density at radius 1 is 1.36 bits per heavy atom. The number of hydrogen-bond donors (Lipinski definition) is 1. The molecule has 0 bridgehead atoms. The Morgan fingerprint density at radius 3 is 2.57 bits per heavy atom. The van der Waals surface area contributed by atoms with Gasteiger partial charge in [0.1, 0.15) is 11.5 Å². The third-order valence-corrected chi connectivity index (χ3v) is 1.45. The van der Waals surface area contributed by atoms with Gasteiger partial charge >= 0.3 is 5.97 Å². The van der Waals surface area contributed by atoms with Crippen molar-refractivity contribution in [3.63, 3.8) is 0 Å². The molecule has 0 heterocycles. The Labute approximate surface area is 81.4 Å². The van der Waals surface area contributed by atoms with Gasteiger partial charge in [-0.2, -0.15) is 0 Å². The van der Waals surface area contributed by atoms with Gasteiger partial charge in [0.25, 0.3) is 0 Å². The molecule has 0 atom stereocenters. The average Bonchev–Trinajstić information content (AvgIpc) is 2.21. The predicted octanol–water partition coefficient (Wildman–Crippen LogP) is 1.46. The number of carbonyl (C=O) groups is 1. The van der Waals surface area contributed by atoms with Crippen LogP contribution in [0, 0.1) is 0 Å². The molecule has 4 heteroatoms. The molecule has 1 aromatic rings. The number of aromatic hydroxyl groups is 1. The number of methoxy groups -OCH3 is 1. The minimum absolute atomic E-state index is 0.161. The number of esters is 1. The van der Waals surface area contributed by atoms with Gasteiger partial charge < -0.3 is 14.6 Å². The number of rotatable bonds is 3. The first kappa shape index (κ1) is 10.1. The van der Waals surface area contributed by atoms with Gasteiger partial charge in [-0.05, 0) is 24.3 Å². The third kappa shape index (κ3) is 3.18. The number of phenols is 1. The summed E-state index contributed by atoms with van der Waals surface area (Å²) in [6.07, 6.45) is 2.38. The zero-order chi connectivity index (χ0) is 10.4. The summed E-state index contributed by atoms with van der Waals surface area (Å²) in [6, 6.07) is 6.14. The van der Waals surface area contributed by atoms with Gasteiger partial charge in [-0.3, -0.25) is 0 Å². The lowest BCUT2D eigenvalue weighted by atomic mass is 10.3. The molecule has 0 aliphatic heterocycles. The molecule has 74 valence electrons. The molecule has 0 saturated heterocycles. The molecular formula is C10H10O4. The smallest absolute Gasteiger partial charge is 0.333 e. The van der Waals surface area contributed by atoms with Crippen molar-refractivity contribution in [3.8, 4) is 11.5 Å². The van der Waals surface area contributed by atoms with E-state index < -0.39 is 5.97 Å². The average molecular weight is 194 g/mol. The second-order valence-corrected chi connectivity index (χ2v) is 2.44. The summed E-state index contributed by atoms with van der Waals surface area (Å²) in [5, 5.41) is 8.96. The Balaban J connectivity index is 2.49. The number of benzene rings is 1. The quantitative estimate of drug-likeness (QED) is 0.449. The van der Waals surface area contributed by atoms with Crippen LogP contribution in [0.25, 0.3) is 0 Å². The van der Waals surface area contributed by atoms with Crippen LogP contribution in [0.15, 0.2) is 36.6 Å². The van der Waals surface area contributed by atoms with E-state index in [4.69, 9.17) is 9.84 Å². The van der Waals surface area contributed by atoms with Crippen molar-refractivity contribution in [2.75, 3.05) is 7.11 Å². The van der Waals surface area contributed by atoms with Crippen molar-refractivity contribution in [2.24, 2.45) is 0 Å². The lowest BCUT2D eigenvalue weighted by Crippen LogP contribution is -1.94. The molecule has 0 amide bonds. The first-order chi connectivity index (χ1) is 6.72. The third-order valence-electron chi connectivity index (χ3n) is 1.45. The molecule has 0 fully saturated rings. The Bertz CT molecular complexity index is 326. The molecule has 1 N–H and O–H groups in total. The Kier molecular flexibility index (Phi) is 3.55. The molecular weight excluding hydrogens is 184 g/mol. The molecule has 1 aromatic carbocycles. The minimum Gasteiger partial charge on any atom is -0.508 e. The highest BCUT2D eigenvalue weighted by molar-refractivity contribution is 5.81. The highest BCUT2D eigenvalue weighted by atomic mass is 16.5. The van der Waals surface area contributed by atoms with Gasteiger partial charge in [-0.15, -0.1) is 0 Å². The van der Waals surface area contributed by atoms with Crippen molar-refractivity contribution in [1.29, 1.82) is 0 Å². The molecule has 0 aliphatic rings. The van der Waals surface area contributed by atoms with Gasteiger partial charge in [0.05, 0.1) is 19.4 Å². The SMILES string of the molecule is COC(=O)/C=C/Oc1ccc(O)cc1. The van der Waals surface area contributed by atoms with Crippen LogP contribution in [0.5, 0.6) is 11.5 Å². The largest absolute Gasteiger partial charge is 0.508 e. The highest BCUT2D eigenvalue weighted by Gasteiger charge is 1.93. The van der Waals surface area contributed by atoms with Crippen LogP contribution in [-0.4, -0.2) is 18.2 Å². The molecule has 14 heavy (non-hydrogen) atoms. The van der Waals surface area contributed by atoms with E-state index in [9.17, 15) is 4.79 Å². The Hall–Kier alpha value is -1.97. The first-order valence-corrected chi connectivity index (χ1v) is 3.92. The number of phenolic OH excluding ortho intramolecular Hbond substituents is 1. The van der Waals surface area contributed by atoms with Gasteiger partial charge in [-0.1, -0.05) is 0 Å². The second-order valence-electron chi connectivity index (χ2n) is 2.44.